The Bertz CT molecular complexity index is 1820. The molecular weight excluding hydrogens is 1230 g/mol. The summed E-state index contributed by atoms with van der Waals surface area (Å²) in [5, 5.41) is 10.6. The average molecular weight is 1380 g/mol. The van der Waals surface area contributed by atoms with Crippen molar-refractivity contribution in [2.75, 3.05) is 39.6 Å². The van der Waals surface area contributed by atoms with Crippen LogP contribution in [-0.4, -0.2) is 96.7 Å². The van der Waals surface area contributed by atoms with Crippen LogP contribution in [0.3, 0.4) is 0 Å². The summed E-state index contributed by atoms with van der Waals surface area (Å²) in [6.07, 6.45) is 54.0. The first-order valence-corrected chi connectivity index (χ1v) is 42.0. The molecule has 5 atom stereocenters. The first-order valence-electron chi connectivity index (χ1n) is 39.0. The van der Waals surface area contributed by atoms with Gasteiger partial charge in [0.2, 0.25) is 0 Å². The molecule has 0 radical (unpaired) electrons. The quantitative estimate of drug-likeness (QED) is 0.0222. The SMILES string of the molecule is CCCCCCCCCCCCCCCCC(=O)O[C@H](COC(=O)CCCCCCCCCCC)COP(=O)(O)OC[C@H](O)COP(=O)(O)OC[C@@H](COC(=O)CCCCCCCCCCCCCCC(C)C)OC(=O)CCCCCCCCCCCCCCCC(C)C. The molecule has 0 aliphatic heterocycles. The second-order valence-electron chi connectivity index (χ2n) is 28.0. The van der Waals surface area contributed by atoms with E-state index < -0.39 is 97.5 Å². The van der Waals surface area contributed by atoms with Crippen molar-refractivity contribution < 1.29 is 80.2 Å². The summed E-state index contributed by atoms with van der Waals surface area (Å²) in [4.78, 5) is 72.7. The lowest BCUT2D eigenvalue weighted by Gasteiger charge is -2.21. The number of hydrogen-bond donors (Lipinski definition) is 3. The topological polar surface area (TPSA) is 237 Å². The molecule has 0 aliphatic rings. The van der Waals surface area contributed by atoms with Crippen molar-refractivity contribution in [1.29, 1.82) is 0 Å². The first-order chi connectivity index (χ1) is 45.4. The molecule has 17 nitrogen and oxygen atoms in total. The van der Waals surface area contributed by atoms with Crippen LogP contribution in [0.2, 0.25) is 0 Å². The van der Waals surface area contributed by atoms with E-state index in [0.717, 1.165) is 102 Å². The third kappa shape index (κ3) is 68.6. The lowest BCUT2D eigenvalue weighted by atomic mass is 10.0. The highest BCUT2D eigenvalue weighted by molar-refractivity contribution is 7.47. The van der Waals surface area contributed by atoms with Gasteiger partial charge in [0, 0.05) is 25.7 Å². The first kappa shape index (κ1) is 92.1. The van der Waals surface area contributed by atoms with Gasteiger partial charge in [0.1, 0.15) is 19.3 Å². The van der Waals surface area contributed by atoms with Gasteiger partial charge in [-0.1, -0.05) is 337 Å². The van der Waals surface area contributed by atoms with Gasteiger partial charge in [-0.3, -0.25) is 37.3 Å². The molecule has 0 saturated heterocycles. The van der Waals surface area contributed by atoms with Gasteiger partial charge in [-0.15, -0.1) is 0 Å². The second kappa shape index (κ2) is 66.9. The maximum Gasteiger partial charge on any atom is 0.472 e. The molecule has 0 saturated carbocycles. The van der Waals surface area contributed by atoms with Crippen molar-refractivity contribution in [3.8, 4) is 0 Å². The lowest BCUT2D eigenvalue weighted by molar-refractivity contribution is -0.161. The number of esters is 4. The minimum Gasteiger partial charge on any atom is -0.462 e. The summed E-state index contributed by atoms with van der Waals surface area (Å²) in [5.41, 5.74) is 0. The fraction of sp³-hybridized carbons (Fsp3) is 0.947. The van der Waals surface area contributed by atoms with E-state index in [0.29, 0.717) is 25.7 Å². The molecule has 2 unspecified atom stereocenters. The van der Waals surface area contributed by atoms with Crippen molar-refractivity contribution >= 4 is 39.5 Å². The van der Waals surface area contributed by atoms with Crippen LogP contribution in [0, 0.1) is 11.8 Å². The number of phosphoric ester groups is 2. The van der Waals surface area contributed by atoms with Crippen LogP contribution >= 0.6 is 15.6 Å². The van der Waals surface area contributed by atoms with E-state index in [1.807, 2.05) is 0 Å². The highest BCUT2D eigenvalue weighted by atomic mass is 31.2. The Morgan fingerprint density at radius 3 is 0.723 bits per heavy atom. The van der Waals surface area contributed by atoms with Crippen LogP contribution in [0.25, 0.3) is 0 Å². The van der Waals surface area contributed by atoms with E-state index in [1.54, 1.807) is 0 Å². The van der Waals surface area contributed by atoms with Gasteiger partial charge in [0.15, 0.2) is 12.2 Å². The standard InChI is InChI=1S/C75H146O17P2/c1-7-9-11-13-15-17-18-19-22-29-35-41-47-53-59-74(79)91-70(63-85-72(77)57-51-45-39-31-16-14-12-10-8-2)65-89-93(81,82)87-61-69(76)62-88-94(83,84)90-66-71(64-86-73(78)58-52-46-40-34-28-25-24-27-33-38-44-50-56-68(5)6)92-75(80)60-54-48-42-36-30-23-20-21-26-32-37-43-49-55-67(3)4/h67-71,76H,7-66H2,1-6H3,(H,81,82)(H,83,84)/t69-,70+,71+/m0/s1. The smallest absolute Gasteiger partial charge is 0.462 e. The minimum absolute atomic E-state index is 0.107. The van der Waals surface area contributed by atoms with Crippen LogP contribution in [0.4, 0.5) is 0 Å². The van der Waals surface area contributed by atoms with Gasteiger partial charge in [-0.2, -0.15) is 0 Å². The zero-order valence-corrected chi connectivity index (χ0v) is 63.1. The number of phosphoric acid groups is 2. The zero-order chi connectivity index (χ0) is 69.3. The van der Waals surface area contributed by atoms with Gasteiger partial charge in [0.05, 0.1) is 26.4 Å². The van der Waals surface area contributed by atoms with Gasteiger partial charge in [-0.05, 0) is 37.5 Å². The van der Waals surface area contributed by atoms with Gasteiger partial charge >= 0.3 is 39.5 Å². The van der Waals surface area contributed by atoms with E-state index >= 15 is 0 Å². The maximum absolute atomic E-state index is 13.1. The summed E-state index contributed by atoms with van der Waals surface area (Å²) in [6, 6.07) is 0. The third-order valence-corrected chi connectivity index (χ3v) is 19.4. The molecule has 0 aliphatic carbocycles. The number of rotatable bonds is 74. The van der Waals surface area contributed by atoms with Crippen LogP contribution in [-0.2, 0) is 65.4 Å². The summed E-state index contributed by atoms with van der Waals surface area (Å²) in [6.45, 7) is 9.61. The number of unbranched alkanes of at least 4 members (excludes halogenated alkanes) is 44. The highest BCUT2D eigenvalue weighted by Gasteiger charge is 2.30. The fourth-order valence-electron chi connectivity index (χ4n) is 11.5. The van der Waals surface area contributed by atoms with E-state index in [1.165, 1.54) is 205 Å². The predicted molar refractivity (Wildman–Crippen MR) is 381 cm³/mol. The molecule has 0 aromatic rings. The van der Waals surface area contributed by atoms with Crippen molar-refractivity contribution in [3.63, 3.8) is 0 Å². The van der Waals surface area contributed by atoms with Crippen LogP contribution in [0.1, 0.15) is 388 Å². The van der Waals surface area contributed by atoms with E-state index in [9.17, 15) is 43.2 Å². The fourth-order valence-corrected chi connectivity index (χ4v) is 13.1. The highest BCUT2D eigenvalue weighted by Crippen LogP contribution is 2.45. The molecule has 0 heterocycles. The third-order valence-electron chi connectivity index (χ3n) is 17.5. The molecule has 19 heteroatoms. The van der Waals surface area contributed by atoms with Gasteiger partial charge in [-0.25, -0.2) is 9.13 Å². The summed E-state index contributed by atoms with van der Waals surface area (Å²) < 4.78 is 68.5. The molecule has 558 valence electrons. The summed E-state index contributed by atoms with van der Waals surface area (Å²) in [5.74, 6) is -0.547. The van der Waals surface area contributed by atoms with Crippen molar-refractivity contribution in [1.82, 2.24) is 0 Å². The number of aliphatic hydroxyl groups is 1. The number of carbonyl (C=O) groups excluding carboxylic acids is 4. The van der Waals surface area contributed by atoms with Gasteiger partial charge in [0.25, 0.3) is 0 Å². The van der Waals surface area contributed by atoms with E-state index in [4.69, 9.17) is 37.0 Å². The Labute approximate surface area is 575 Å². The Morgan fingerprint density at radius 1 is 0.287 bits per heavy atom. The van der Waals surface area contributed by atoms with Crippen molar-refractivity contribution in [2.24, 2.45) is 11.8 Å². The number of hydrogen-bond acceptors (Lipinski definition) is 15. The lowest BCUT2D eigenvalue weighted by Crippen LogP contribution is -2.30. The normalized spacial score (nSPS) is 14.0. The predicted octanol–water partition coefficient (Wildman–Crippen LogP) is 21.9. The summed E-state index contributed by atoms with van der Waals surface area (Å²) in [7, 11) is -9.91. The van der Waals surface area contributed by atoms with Crippen LogP contribution in [0.15, 0.2) is 0 Å². The van der Waals surface area contributed by atoms with Crippen molar-refractivity contribution in [3.05, 3.63) is 0 Å². The monoisotopic (exact) mass is 1380 g/mol. The Hall–Kier alpha value is -1.94. The summed E-state index contributed by atoms with van der Waals surface area (Å²) >= 11 is 0. The molecule has 0 amide bonds. The largest absolute Gasteiger partial charge is 0.472 e. The molecule has 0 rings (SSSR count). The second-order valence-corrected chi connectivity index (χ2v) is 30.9. The molecule has 0 fully saturated rings. The molecule has 94 heavy (non-hydrogen) atoms. The number of aliphatic hydroxyl groups excluding tert-OH is 1. The molecule has 0 aromatic carbocycles. The molecular formula is C75H146O17P2. The Kier molecular flexibility index (Phi) is 65.5. The van der Waals surface area contributed by atoms with Crippen LogP contribution < -0.4 is 0 Å². The van der Waals surface area contributed by atoms with Gasteiger partial charge < -0.3 is 33.8 Å². The minimum atomic E-state index is -4.96. The average Bonchev–Trinajstić information content (AvgIpc) is 1.49. The van der Waals surface area contributed by atoms with E-state index in [2.05, 4.69) is 41.5 Å². The number of carbonyl (C=O) groups is 4. The maximum atomic E-state index is 13.1. The molecule has 0 spiro atoms. The Morgan fingerprint density at radius 2 is 0.489 bits per heavy atom. The number of ether oxygens (including phenoxy) is 4. The molecule has 0 bridgehead atoms. The zero-order valence-electron chi connectivity index (χ0n) is 61.3. The van der Waals surface area contributed by atoms with Crippen LogP contribution in [0.5, 0.6) is 0 Å². The molecule has 3 N–H and O–H groups in total. The van der Waals surface area contributed by atoms with Crippen molar-refractivity contribution in [2.45, 2.75) is 407 Å². The Balaban J connectivity index is 5.24. The van der Waals surface area contributed by atoms with E-state index in [-0.39, 0.29) is 25.7 Å². The molecule has 0 aromatic heterocycles.